The fourth-order valence-corrected chi connectivity index (χ4v) is 8.59. The Kier molecular flexibility index (Phi) is 12.9. The third-order valence-electron chi connectivity index (χ3n) is 11.6. The number of aromatic nitrogens is 3. The zero-order chi connectivity index (χ0) is 41.8. The van der Waals surface area contributed by atoms with Gasteiger partial charge in [-0.1, -0.05) is 35.9 Å². The van der Waals surface area contributed by atoms with E-state index in [0.717, 1.165) is 54.3 Å². The van der Waals surface area contributed by atoms with Crippen LogP contribution < -0.4 is 24.8 Å². The molecule has 3 aromatic heterocycles. The van der Waals surface area contributed by atoms with E-state index in [0.29, 0.717) is 73.2 Å². The van der Waals surface area contributed by atoms with Gasteiger partial charge in [0.15, 0.2) is 0 Å². The molecule has 314 valence electrons. The monoisotopic (exact) mass is 835 g/mol. The Morgan fingerprint density at radius 2 is 1.41 bits per heavy atom. The predicted octanol–water partition coefficient (Wildman–Crippen LogP) is 7.16. The number of piperidine rings is 2. The minimum absolute atomic E-state index is 0.0109. The zero-order valence-corrected chi connectivity index (χ0v) is 34.4. The summed E-state index contributed by atoms with van der Waals surface area (Å²) in [6.45, 7) is 6.42. The summed E-state index contributed by atoms with van der Waals surface area (Å²) < 4.78 is 61.1. The third kappa shape index (κ3) is 9.42. The van der Waals surface area contributed by atoms with E-state index in [1.165, 1.54) is 14.0 Å². The number of carbonyl (C=O) groups is 2. The molecule has 2 fully saturated rings. The second-order valence-electron chi connectivity index (χ2n) is 15.2. The molecule has 2 amide bonds. The Bertz CT molecular complexity index is 2170. The van der Waals surface area contributed by atoms with Crippen LogP contribution in [0, 0.1) is 0 Å². The first-order valence-corrected chi connectivity index (χ1v) is 20.3. The van der Waals surface area contributed by atoms with Gasteiger partial charge in [-0.2, -0.15) is 18.2 Å². The summed E-state index contributed by atoms with van der Waals surface area (Å²) in [4.78, 5) is 40.8. The Balaban J connectivity index is 1.08. The van der Waals surface area contributed by atoms with Crippen molar-refractivity contribution in [1.29, 1.82) is 0 Å². The van der Waals surface area contributed by atoms with Crippen molar-refractivity contribution >= 4 is 23.4 Å². The number of benzene rings is 1. The number of halogens is 4. The van der Waals surface area contributed by atoms with Crippen molar-refractivity contribution in [3.05, 3.63) is 81.5 Å². The lowest BCUT2D eigenvalue weighted by Gasteiger charge is -2.32. The molecule has 0 saturated carbocycles. The molecule has 2 N–H and O–H groups in total. The fourth-order valence-electron chi connectivity index (χ4n) is 8.28. The summed E-state index contributed by atoms with van der Waals surface area (Å²) in [7, 11) is 2.95. The minimum Gasteiger partial charge on any atom is -0.481 e. The number of carbonyl (C=O) groups excluding carboxylic acids is 2. The van der Waals surface area contributed by atoms with Gasteiger partial charge in [0.25, 0.3) is 0 Å². The Labute approximate surface area is 346 Å². The number of amides is 2. The number of hydrogen-bond donors (Lipinski definition) is 2. The molecular formula is C43H49ClF3N7O5. The third-order valence-corrected chi connectivity index (χ3v) is 12.0. The largest absolute Gasteiger partial charge is 0.481 e. The number of nitrogens with one attached hydrogen (secondary N) is 2. The fraction of sp³-hybridized carbons (Fsp3) is 0.465. The van der Waals surface area contributed by atoms with E-state index in [4.69, 9.17) is 30.8 Å². The van der Waals surface area contributed by atoms with E-state index < -0.39 is 23.7 Å². The van der Waals surface area contributed by atoms with E-state index in [1.807, 2.05) is 35.2 Å². The van der Waals surface area contributed by atoms with Crippen molar-refractivity contribution in [3.63, 3.8) is 0 Å². The highest BCUT2D eigenvalue weighted by atomic mass is 35.5. The number of nitrogens with zero attached hydrogens (tertiary/aromatic N) is 5. The topological polar surface area (TPSA) is 131 Å². The van der Waals surface area contributed by atoms with Gasteiger partial charge in [-0.3, -0.25) is 14.6 Å². The Morgan fingerprint density at radius 1 is 0.797 bits per heavy atom. The van der Waals surface area contributed by atoms with Crippen LogP contribution in [-0.4, -0.2) is 89.0 Å². The van der Waals surface area contributed by atoms with Crippen LogP contribution in [0.2, 0.25) is 5.02 Å². The molecule has 5 heterocycles. The molecular weight excluding hydrogens is 787 g/mol. The van der Waals surface area contributed by atoms with Crippen LogP contribution in [0.4, 0.5) is 13.2 Å². The maximum atomic E-state index is 14.6. The second kappa shape index (κ2) is 18.1. The van der Waals surface area contributed by atoms with Crippen molar-refractivity contribution in [2.45, 2.75) is 89.8 Å². The maximum absolute atomic E-state index is 14.6. The number of likely N-dealkylation sites (tertiary alicyclic amines) is 2. The Morgan fingerprint density at radius 3 is 2.00 bits per heavy atom. The number of rotatable bonds is 12. The van der Waals surface area contributed by atoms with E-state index in [9.17, 15) is 22.8 Å². The number of fused-ring (bicyclic) bond motifs is 1. The highest BCUT2D eigenvalue weighted by Crippen LogP contribution is 2.45. The van der Waals surface area contributed by atoms with E-state index in [1.54, 1.807) is 31.2 Å². The van der Waals surface area contributed by atoms with Crippen LogP contribution in [0.5, 0.6) is 17.6 Å². The second-order valence-corrected chi connectivity index (χ2v) is 15.6. The van der Waals surface area contributed by atoms with Gasteiger partial charge in [-0.05, 0) is 67.9 Å². The number of pyridine rings is 3. The normalized spacial score (nSPS) is 17.5. The molecule has 1 aliphatic carbocycles. The maximum Gasteiger partial charge on any atom is 0.421 e. The SMILES string of the molecule is COc1nc(-c2ccnc(-c3cccc4c3CC[C@@H]4Oc3nc(OC)c(CNC4CCN(C(C)=O)CC4)cc3C(F)(F)F)c2Cl)ccc1CNC1CCN(C(C)=O)CC1. The van der Waals surface area contributed by atoms with Gasteiger partial charge >= 0.3 is 6.18 Å². The summed E-state index contributed by atoms with van der Waals surface area (Å²) in [5.74, 6) is 0.0673. The summed E-state index contributed by atoms with van der Waals surface area (Å²) in [6.07, 6.45) is 0.267. The molecule has 0 bridgehead atoms. The lowest BCUT2D eigenvalue weighted by molar-refractivity contribution is -0.139. The van der Waals surface area contributed by atoms with Crippen molar-refractivity contribution in [2.24, 2.45) is 0 Å². The average molecular weight is 836 g/mol. The van der Waals surface area contributed by atoms with Crippen molar-refractivity contribution < 1.29 is 37.0 Å². The summed E-state index contributed by atoms with van der Waals surface area (Å²) in [6, 6.07) is 12.6. The molecule has 2 aliphatic heterocycles. The van der Waals surface area contributed by atoms with Crippen LogP contribution in [0.1, 0.15) is 79.9 Å². The predicted molar refractivity (Wildman–Crippen MR) is 216 cm³/mol. The quantitative estimate of drug-likeness (QED) is 0.152. The molecule has 7 rings (SSSR count). The Hall–Kier alpha value is -4.99. The molecule has 16 heteroatoms. The first-order valence-electron chi connectivity index (χ1n) is 19.9. The standard InChI is InChI=1S/C43H49ClF3N7O5/c1-25(55)53-18-13-29(14-19-53)49-23-27-8-10-36(51-40(27)57-3)34-12-17-48-39(38(34)44)33-7-5-6-32-31(33)9-11-37(32)59-42-35(43(45,46)47)22-28(41(52-42)58-4)24-50-30-15-20-54(21-16-30)26(2)56/h5-8,10,12,17,22,29-30,37,49-50H,9,11,13-16,18-21,23-24H2,1-4H3/t37-/m0/s1. The molecule has 3 aliphatic rings. The lowest BCUT2D eigenvalue weighted by atomic mass is 9.98. The van der Waals surface area contributed by atoms with Gasteiger partial charge in [0.2, 0.25) is 29.5 Å². The van der Waals surface area contributed by atoms with E-state index in [2.05, 4.69) is 20.6 Å². The van der Waals surface area contributed by atoms with Crippen LogP contribution in [0.25, 0.3) is 22.5 Å². The molecule has 4 aromatic rings. The van der Waals surface area contributed by atoms with Gasteiger partial charge in [-0.15, -0.1) is 0 Å². The van der Waals surface area contributed by atoms with Crippen molar-refractivity contribution in [2.75, 3.05) is 40.4 Å². The molecule has 12 nitrogen and oxygen atoms in total. The van der Waals surface area contributed by atoms with Crippen LogP contribution in [-0.2, 0) is 35.3 Å². The smallest absolute Gasteiger partial charge is 0.421 e. The lowest BCUT2D eigenvalue weighted by Crippen LogP contribution is -2.44. The molecule has 1 atom stereocenters. The van der Waals surface area contributed by atoms with Crippen LogP contribution in [0.15, 0.2) is 48.7 Å². The minimum atomic E-state index is -4.74. The average Bonchev–Trinajstić information content (AvgIpc) is 3.64. The zero-order valence-electron chi connectivity index (χ0n) is 33.6. The number of alkyl halides is 3. The van der Waals surface area contributed by atoms with Gasteiger partial charge in [-0.25, -0.2) is 4.98 Å². The van der Waals surface area contributed by atoms with Gasteiger partial charge < -0.3 is 34.6 Å². The first kappa shape index (κ1) is 42.1. The molecule has 1 aromatic carbocycles. The van der Waals surface area contributed by atoms with E-state index >= 15 is 0 Å². The molecule has 0 radical (unpaired) electrons. The highest BCUT2D eigenvalue weighted by Gasteiger charge is 2.39. The van der Waals surface area contributed by atoms with Crippen LogP contribution in [0.3, 0.4) is 0 Å². The summed E-state index contributed by atoms with van der Waals surface area (Å²) in [5, 5.41) is 7.27. The van der Waals surface area contributed by atoms with Crippen LogP contribution >= 0.6 is 11.6 Å². The first-order chi connectivity index (χ1) is 28.3. The molecule has 2 saturated heterocycles. The van der Waals surface area contributed by atoms with Crippen molar-refractivity contribution in [1.82, 2.24) is 35.4 Å². The number of ether oxygens (including phenoxy) is 3. The van der Waals surface area contributed by atoms with Gasteiger partial charge in [0.05, 0.1) is 30.6 Å². The number of methoxy groups -OCH3 is 2. The highest BCUT2D eigenvalue weighted by molar-refractivity contribution is 6.35. The van der Waals surface area contributed by atoms with E-state index in [-0.39, 0.29) is 41.9 Å². The summed E-state index contributed by atoms with van der Waals surface area (Å²) in [5.41, 5.74) is 4.29. The summed E-state index contributed by atoms with van der Waals surface area (Å²) >= 11 is 7.11. The van der Waals surface area contributed by atoms with Crippen molar-refractivity contribution in [3.8, 4) is 40.2 Å². The van der Waals surface area contributed by atoms with Gasteiger partial charge in [0, 0.05) is 93.7 Å². The molecule has 59 heavy (non-hydrogen) atoms. The molecule has 0 spiro atoms. The molecule has 0 unspecified atom stereocenters. The van der Waals surface area contributed by atoms with Gasteiger partial charge in [0.1, 0.15) is 11.7 Å². The number of hydrogen-bond acceptors (Lipinski definition) is 10.